The van der Waals surface area contributed by atoms with E-state index in [-0.39, 0.29) is 49.3 Å². The molecule has 4 heterocycles. The quantitative estimate of drug-likeness (QED) is 0.0449. The third-order valence-corrected chi connectivity index (χ3v) is 8.92. The molecule has 1 unspecified atom stereocenters. The van der Waals surface area contributed by atoms with Gasteiger partial charge in [0.1, 0.15) is 17.0 Å². The summed E-state index contributed by atoms with van der Waals surface area (Å²) in [6.07, 6.45) is 5.22. The third-order valence-electron chi connectivity index (χ3n) is 8.92. The smallest absolute Gasteiger partial charge is 0.276 e. The van der Waals surface area contributed by atoms with Gasteiger partial charge in [0, 0.05) is 62.6 Å². The van der Waals surface area contributed by atoms with Crippen LogP contribution in [-0.2, 0) is 33.1 Å². The second-order valence-electron chi connectivity index (χ2n) is 12.8. The lowest BCUT2D eigenvalue weighted by Gasteiger charge is -2.16. The number of hydrogen-bond donors (Lipinski definition) is 6. The van der Waals surface area contributed by atoms with Gasteiger partial charge in [-0.25, -0.2) is 9.97 Å². The zero-order chi connectivity index (χ0) is 39.4. The number of anilines is 2. The second-order valence-corrected chi connectivity index (χ2v) is 12.8. The zero-order valence-corrected chi connectivity index (χ0v) is 31.0. The number of aromatic nitrogens is 8. The van der Waals surface area contributed by atoms with Gasteiger partial charge in [-0.05, 0) is 56.7 Å². The van der Waals surface area contributed by atoms with Gasteiger partial charge >= 0.3 is 0 Å². The Labute approximate surface area is 315 Å². The molecule has 0 fully saturated rings. The molecule has 0 saturated heterocycles. The van der Waals surface area contributed by atoms with E-state index in [0.29, 0.717) is 69.8 Å². The summed E-state index contributed by atoms with van der Waals surface area (Å²) in [5.41, 5.74) is 16.0. The number of nitrogens with zero attached hydrogens (tertiary/aromatic N) is 8. The SMILES string of the molecule is CCc1nn(C)cc1C(O)Nc1nc2cc(C(N)=O)cc(OCCCO)c2n1C/C=C/Cn1c(NC(=O)c2cc(C)nn2CC)nc2cc(C(N)=O)ccc21. The first-order valence-corrected chi connectivity index (χ1v) is 17.8. The molecule has 8 N–H and O–H groups in total. The van der Waals surface area contributed by atoms with E-state index in [1.807, 2.05) is 32.9 Å². The van der Waals surface area contributed by atoms with Gasteiger partial charge in [0.2, 0.25) is 23.7 Å². The van der Waals surface area contributed by atoms with Crippen LogP contribution in [0, 0.1) is 6.92 Å². The minimum absolute atomic E-state index is 0.0956. The van der Waals surface area contributed by atoms with Gasteiger partial charge in [-0.1, -0.05) is 19.1 Å². The van der Waals surface area contributed by atoms with Crippen molar-refractivity contribution >= 4 is 51.7 Å². The Morgan fingerprint density at radius 3 is 2.35 bits per heavy atom. The van der Waals surface area contributed by atoms with Gasteiger partial charge in [0.15, 0.2) is 6.23 Å². The number of hydrogen-bond acceptors (Lipinski definition) is 11. The van der Waals surface area contributed by atoms with Crippen LogP contribution in [0.15, 0.2) is 54.7 Å². The largest absolute Gasteiger partial charge is 0.491 e. The zero-order valence-electron chi connectivity index (χ0n) is 31.0. The summed E-state index contributed by atoms with van der Waals surface area (Å²) in [4.78, 5) is 47.1. The van der Waals surface area contributed by atoms with Crippen molar-refractivity contribution < 1.29 is 29.3 Å². The average molecular weight is 753 g/mol. The lowest BCUT2D eigenvalue weighted by atomic mass is 10.1. The van der Waals surface area contributed by atoms with Crippen LogP contribution in [0.25, 0.3) is 22.1 Å². The maximum Gasteiger partial charge on any atom is 0.276 e. The Hall–Kier alpha value is -6.53. The molecule has 6 aromatic rings. The summed E-state index contributed by atoms with van der Waals surface area (Å²) in [6, 6.07) is 9.66. The highest BCUT2D eigenvalue weighted by Gasteiger charge is 2.23. The topological polar surface area (TPSA) is 248 Å². The number of aliphatic hydroxyl groups excluding tert-OH is 2. The fourth-order valence-corrected chi connectivity index (χ4v) is 6.33. The number of carbonyl (C=O) groups excluding carboxylic acids is 3. The summed E-state index contributed by atoms with van der Waals surface area (Å²) in [5.74, 6) is -0.850. The van der Waals surface area contributed by atoms with Crippen LogP contribution in [0.5, 0.6) is 5.75 Å². The molecule has 2 aromatic carbocycles. The van der Waals surface area contributed by atoms with E-state index in [0.717, 1.165) is 0 Å². The molecule has 6 rings (SSSR count). The number of ether oxygens (including phenoxy) is 1. The molecule has 3 amide bonds. The molecule has 0 aliphatic rings. The molecule has 18 nitrogen and oxygen atoms in total. The number of aliphatic hydroxyl groups is 2. The summed E-state index contributed by atoms with van der Waals surface area (Å²) in [6.45, 7) is 6.65. The molecule has 18 heteroatoms. The lowest BCUT2D eigenvalue weighted by molar-refractivity contribution is 0.0992. The Bertz CT molecular complexity index is 2420. The molecule has 4 aromatic heterocycles. The second kappa shape index (κ2) is 16.2. The van der Waals surface area contributed by atoms with Gasteiger partial charge in [-0.3, -0.25) is 29.1 Å². The maximum atomic E-state index is 13.5. The Balaban J connectivity index is 1.37. The van der Waals surface area contributed by atoms with E-state index in [9.17, 15) is 24.6 Å². The van der Waals surface area contributed by atoms with Crippen molar-refractivity contribution in [3.8, 4) is 5.75 Å². The van der Waals surface area contributed by atoms with Gasteiger partial charge in [-0.15, -0.1) is 0 Å². The van der Waals surface area contributed by atoms with E-state index >= 15 is 0 Å². The van der Waals surface area contributed by atoms with Crippen molar-refractivity contribution in [2.24, 2.45) is 18.5 Å². The number of benzene rings is 2. The van der Waals surface area contributed by atoms with E-state index in [1.54, 1.807) is 62.1 Å². The number of aryl methyl sites for hydroxylation is 4. The highest BCUT2D eigenvalue weighted by molar-refractivity contribution is 6.03. The summed E-state index contributed by atoms with van der Waals surface area (Å²) >= 11 is 0. The number of allylic oxidation sites excluding steroid dienone is 2. The first kappa shape index (κ1) is 38.2. The van der Waals surface area contributed by atoms with Gasteiger partial charge in [0.25, 0.3) is 5.91 Å². The number of primary amides is 2. The normalized spacial score (nSPS) is 12.2. The van der Waals surface area contributed by atoms with E-state index in [4.69, 9.17) is 21.2 Å². The number of carbonyl (C=O) groups is 3. The van der Waals surface area contributed by atoms with Crippen LogP contribution in [0.4, 0.5) is 11.9 Å². The predicted molar refractivity (Wildman–Crippen MR) is 205 cm³/mol. The molecule has 1 atom stereocenters. The lowest BCUT2D eigenvalue weighted by Crippen LogP contribution is -2.19. The summed E-state index contributed by atoms with van der Waals surface area (Å²) in [7, 11) is 1.77. The molecular formula is C37H44N12O6. The number of amides is 3. The van der Waals surface area contributed by atoms with E-state index < -0.39 is 23.9 Å². The van der Waals surface area contributed by atoms with Crippen molar-refractivity contribution in [3.63, 3.8) is 0 Å². The molecule has 288 valence electrons. The van der Waals surface area contributed by atoms with Crippen molar-refractivity contribution in [1.29, 1.82) is 0 Å². The highest BCUT2D eigenvalue weighted by Crippen LogP contribution is 2.33. The van der Waals surface area contributed by atoms with Crippen molar-refractivity contribution in [1.82, 2.24) is 38.7 Å². The number of nitrogens with one attached hydrogen (secondary N) is 2. The van der Waals surface area contributed by atoms with E-state index in [2.05, 4.69) is 25.8 Å². The highest BCUT2D eigenvalue weighted by atomic mass is 16.5. The minimum atomic E-state index is -1.18. The minimum Gasteiger partial charge on any atom is -0.491 e. The fraction of sp³-hybridized carbons (Fsp3) is 0.324. The van der Waals surface area contributed by atoms with Crippen LogP contribution >= 0.6 is 0 Å². The van der Waals surface area contributed by atoms with Crippen LogP contribution in [-0.4, -0.2) is 79.8 Å². The number of fused-ring (bicyclic) bond motifs is 2. The number of imidazole rings is 2. The maximum absolute atomic E-state index is 13.5. The molecule has 0 aliphatic carbocycles. The Morgan fingerprint density at radius 2 is 1.65 bits per heavy atom. The van der Waals surface area contributed by atoms with Crippen LogP contribution in [0.1, 0.15) is 74.7 Å². The van der Waals surface area contributed by atoms with Crippen molar-refractivity contribution in [2.75, 3.05) is 23.8 Å². The molecule has 55 heavy (non-hydrogen) atoms. The average Bonchev–Trinajstić information content (AvgIpc) is 3.92. The van der Waals surface area contributed by atoms with Crippen molar-refractivity contribution in [3.05, 3.63) is 88.5 Å². The number of nitrogens with two attached hydrogens (primary N) is 2. The summed E-state index contributed by atoms with van der Waals surface area (Å²) in [5, 5.41) is 35.6. The van der Waals surface area contributed by atoms with E-state index in [1.165, 1.54) is 6.07 Å². The first-order chi connectivity index (χ1) is 26.4. The standard InChI is InChI=1S/C37H44N12O6/c1-5-25-24(20-46(4)45-25)34(53)42-37-41-27-18-23(33(39)52)19-30(55-15-9-14-50)31(27)48(37)13-8-7-12-47-28-11-10-22(32(38)51)17-26(28)40-36(47)43-35(54)29-16-21(3)44-49(29)6-2/h7-8,10-11,16-20,34,50,53H,5-6,9,12-15H2,1-4H3,(H2,38,51)(H2,39,52)(H,41,42)(H,40,43,54)/b8-7+. The molecule has 0 bridgehead atoms. The Morgan fingerprint density at radius 1 is 0.945 bits per heavy atom. The van der Waals surface area contributed by atoms with Crippen LogP contribution in [0.2, 0.25) is 0 Å². The van der Waals surface area contributed by atoms with Gasteiger partial charge in [-0.2, -0.15) is 10.2 Å². The van der Waals surface area contributed by atoms with Gasteiger partial charge in [0.05, 0.1) is 34.5 Å². The molecule has 0 saturated carbocycles. The molecule has 0 aliphatic heterocycles. The molecule has 0 radical (unpaired) electrons. The van der Waals surface area contributed by atoms with Crippen molar-refractivity contribution in [2.45, 2.75) is 59.5 Å². The van der Waals surface area contributed by atoms with Gasteiger partial charge < -0.3 is 40.9 Å². The summed E-state index contributed by atoms with van der Waals surface area (Å²) < 4.78 is 12.8. The third kappa shape index (κ3) is 8.04. The molecular weight excluding hydrogens is 708 g/mol. The monoisotopic (exact) mass is 752 g/mol. The van der Waals surface area contributed by atoms with Crippen LogP contribution < -0.4 is 26.8 Å². The van der Waals surface area contributed by atoms with Crippen LogP contribution in [0.3, 0.4) is 0 Å². The fourth-order valence-electron chi connectivity index (χ4n) is 6.33. The number of rotatable bonds is 17. The first-order valence-electron chi connectivity index (χ1n) is 17.8. The predicted octanol–water partition coefficient (Wildman–Crippen LogP) is 2.78. The Kier molecular flexibility index (Phi) is 11.3. The molecule has 0 spiro atoms.